The van der Waals surface area contributed by atoms with Gasteiger partial charge in [0.25, 0.3) is 11.8 Å². The maximum atomic E-state index is 13.6. The molecule has 43 heavy (non-hydrogen) atoms. The van der Waals surface area contributed by atoms with E-state index in [4.69, 9.17) is 4.74 Å². The maximum absolute atomic E-state index is 13.6. The van der Waals surface area contributed by atoms with Gasteiger partial charge in [-0.2, -0.15) is 11.8 Å². The summed E-state index contributed by atoms with van der Waals surface area (Å²) in [5.41, 5.74) is 5.03. The van der Waals surface area contributed by atoms with E-state index in [1.807, 2.05) is 43.6 Å². The number of amides is 3. The molecule has 1 aliphatic heterocycles. The number of carbonyl (C=O) groups excluding carboxylic acids is 3. The van der Waals surface area contributed by atoms with Crippen molar-refractivity contribution in [3.63, 3.8) is 0 Å². The fourth-order valence-corrected chi connectivity index (χ4v) is 5.97. The first-order valence-corrected chi connectivity index (χ1v) is 16.5. The van der Waals surface area contributed by atoms with Gasteiger partial charge >= 0.3 is 0 Å². The molecule has 2 N–H and O–H groups in total. The van der Waals surface area contributed by atoms with Crippen LogP contribution in [0.15, 0.2) is 48.1 Å². The summed E-state index contributed by atoms with van der Waals surface area (Å²) in [6.07, 6.45) is 5.49. The summed E-state index contributed by atoms with van der Waals surface area (Å²) in [7, 11) is 0. The van der Waals surface area contributed by atoms with E-state index in [9.17, 15) is 14.4 Å². The number of aromatic nitrogens is 4. The standard InChI is InChI=1S/C30H35N7O4S2/c1-20-5-7-23-16-24(20)28(38)33-25(9-14-42-2)29(39)31-10-3-11-36(17-22-18-37(35-34-22)12-4-13-41-23)30(40)21-6-8-27-26(15-21)32-19-43-27/h5-8,15-16,18-19,25H,3-4,9-14,17H2,1-2H3,(H,31,39)(H,33,38)/t25-/m0/s1. The second-order valence-corrected chi connectivity index (χ2v) is 12.2. The average Bonchev–Trinajstić information content (AvgIpc) is 3.67. The Kier molecular flexibility index (Phi) is 10.3. The van der Waals surface area contributed by atoms with Crippen molar-refractivity contribution in [3.05, 3.63) is 70.5 Å². The summed E-state index contributed by atoms with van der Waals surface area (Å²) < 4.78 is 8.69. The molecular formula is C30H35N7O4S2. The molecule has 2 aromatic carbocycles. The Hall–Kier alpha value is -3.97. The van der Waals surface area contributed by atoms with Gasteiger partial charge in [0.15, 0.2) is 0 Å². The number of hydrogen-bond acceptors (Lipinski definition) is 9. The fourth-order valence-electron chi connectivity index (χ4n) is 4.84. The van der Waals surface area contributed by atoms with Gasteiger partial charge in [0, 0.05) is 37.2 Å². The fraction of sp³-hybridized carbons (Fsp3) is 0.400. The molecule has 0 aliphatic carbocycles. The van der Waals surface area contributed by atoms with Gasteiger partial charge in [-0.05, 0) is 67.7 Å². The normalized spacial score (nSPS) is 17.2. The molecule has 1 aliphatic rings. The molecule has 4 bridgehead atoms. The topological polar surface area (TPSA) is 131 Å². The van der Waals surface area contributed by atoms with Crippen LogP contribution in [0.2, 0.25) is 0 Å². The van der Waals surface area contributed by atoms with E-state index in [1.165, 1.54) is 11.3 Å². The average molecular weight is 622 g/mol. The number of nitrogens with zero attached hydrogens (tertiary/aromatic N) is 5. The van der Waals surface area contributed by atoms with Crippen molar-refractivity contribution in [2.24, 2.45) is 0 Å². The van der Waals surface area contributed by atoms with Crippen molar-refractivity contribution in [1.82, 2.24) is 35.5 Å². The van der Waals surface area contributed by atoms with Gasteiger partial charge in [0.05, 0.1) is 35.1 Å². The molecule has 0 radical (unpaired) electrons. The first-order valence-electron chi connectivity index (χ1n) is 14.2. The van der Waals surface area contributed by atoms with Crippen molar-refractivity contribution >= 4 is 51.0 Å². The van der Waals surface area contributed by atoms with E-state index < -0.39 is 6.04 Å². The number of ether oxygens (including phenoxy) is 1. The highest BCUT2D eigenvalue weighted by Crippen LogP contribution is 2.21. The van der Waals surface area contributed by atoms with Crippen LogP contribution in [0.3, 0.4) is 0 Å². The number of aryl methyl sites for hydroxylation is 2. The Morgan fingerprint density at radius 3 is 2.91 bits per heavy atom. The third-order valence-electron chi connectivity index (χ3n) is 7.19. The van der Waals surface area contributed by atoms with Crippen molar-refractivity contribution in [2.75, 3.05) is 31.7 Å². The van der Waals surface area contributed by atoms with Crippen LogP contribution in [0, 0.1) is 6.92 Å². The van der Waals surface area contributed by atoms with Crippen LogP contribution in [0.5, 0.6) is 5.75 Å². The zero-order valence-corrected chi connectivity index (χ0v) is 25.9. The lowest BCUT2D eigenvalue weighted by Crippen LogP contribution is -2.47. The summed E-state index contributed by atoms with van der Waals surface area (Å²) in [6, 6.07) is 10.2. The second-order valence-electron chi connectivity index (χ2n) is 10.4. The largest absolute Gasteiger partial charge is 0.494 e. The molecule has 1 atom stereocenters. The smallest absolute Gasteiger partial charge is 0.254 e. The summed E-state index contributed by atoms with van der Waals surface area (Å²) in [6.45, 7) is 3.87. The lowest BCUT2D eigenvalue weighted by atomic mass is 10.1. The van der Waals surface area contributed by atoms with Crippen molar-refractivity contribution < 1.29 is 19.1 Å². The molecule has 0 spiro atoms. The van der Waals surface area contributed by atoms with Crippen LogP contribution < -0.4 is 15.4 Å². The lowest BCUT2D eigenvalue weighted by molar-refractivity contribution is -0.123. The summed E-state index contributed by atoms with van der Waals surface area (Å²) in [5, 5.41) is 14.4. The number of rotatable bonds is 4. The van der Waals surface area contributed by atoms with Crippen LogP contribution >= 0.6 is 23.1 Å². The molecular weight excluding hydrogens is 587 g/mol. The monoisotopic (exact) mass is 621 g/mol. The van der Waals surface area contributed by atoms with Crippen LogP contribution in [0.4, 0.5) is 0 Å². The minimum absolute atomic E-state index is 0.145. The molecule has 2 aromatic heterocycles. The third kappa shape index (κ3) is 7.90. The van der Waals surface area contributed by atoms with Crippen molar-refractivity contribution in [2.45, 2.75) is 45.3 Å². The SMILES string of the molecule is CSCC[C@@H]1NC(=O)c2cc(ccc2C)OCCCn2cc(nn2)CN(C(=O)c2ccc3scnc3c2)CCCNC1=O. The molecule has 5 rings (SSSR count). The molecule has 0 fully saturated rings. The quantitative estimate of drug-likeness (QED) is 0.353. The lowest BCUT2D eigenvalue weighted by Gasteiger charge is -2.23. The molecule has 4 aromatic rings. The highest BCUT2D eigenvalue weighted by atomic mass is 32.2. The maximum Gasteiger partial charge on any atom is 0.254 e. The van der Waals surface area contributed by atoms with Gasteiger partial charge in [-0.25, -0.2) is 4.98 Å². The summed E-state index contributed by atoms with van der Waals surface area (Å²) >= 11 is 3.14. The van der Waals surface area contributed by atoms with Gasteiger partial charge in [-0.3, -0.25) is 19.1 Å². The van der Waals surface area contributed by atoms with Crippen molar-refractivity contribution in [1.29, 1.82) is 0 Å². The van der Waals surface area contributed by atoms with Gasteiger partial charge in [0.2, 0.25) is 5.91 Å². The number of fused-ring (bicyclic) bond motifs is 5. The van der Waals surface area contributed by atoms with Crippen LogP contribution in [0.1, 0.15) is 51.2 Å². The van der Waals surface area contributed by atoms with E-state index in [0.29, 0.717) is 73.8 Å². The molecule has 3 heterocycles. The van der Waals surface area contributed by atoms with E-state index in [2.05, 4.69) is 25.9 Å². The van der Waals surface area contributed by atoms with Gasteiger partial charge < -0.3 is 20.3 Å². The Labute approximate surface area is 258 Å². The van der Waals surface area contributed by atoms with E-state index in [0.717, 1.165) is 15.8 Å². The van der Waals surface area contributed by atoms with Crippen LogP contribution in [-0.4, -0.2) is 80.3 Å². The minimum atomic E-state index is -0.688. The predicted octanol–water partition coefficient (Wildman–Crippen LogP) is 3.68. The molecule has 0 saturated heterocycles. The summed E-state index contributed by atoms with van der Waals surface area (Å²) in [4.78, 5) is 46.2. The highest BCUT2D eigenvalue weighted by Gasteiger charge is 2.23. The molecule has 226 valence electrons. The van der Waals surface area contributed by atoms with E-state index in [1.54, 1.807) is 39.0 Å². The van der Waals surface area contributed by atoms with E-state index in [-0.39, 0.29) is 24.3 Å². The van der Waals surface area contributed by atoms with Crippen LogP contribution in [0.25, 0.3) is 10.2 Å². The van der Waals surface area contributed by atoms with Gasteiger partial charge in [-0.1, -0.05) is 11.3 Å². The Balaban J connectivity index is 1.36. The second kappa shape index (κ2) is 14.5. The first kappa shape index (κ1) is 30.5. The van der Waals surface area contributed by atoms with Crippen LogP contribution in [-0.2, 0) is 17.9 Å². The molecule has 11 nitrogen and oxygen atoms in total. The van der Waals surface area contributed by atoms with Crippen molar-refractivity contribution in [3.8, 4) is 5.75 Å². The Bertz CT molecular complexity index is 1590. The number of thioether (sulfide) groups is 1. The zero-order chi connectivity index (χ0) is 30.2. The zero-order valence-electron chi connectivity index (χ0n) is 24.2. The number of benzene rings is 2. The molecule has 0 unspecified atom stereocenters. The predicted molar refractivity (Wildman–Crippen MR) is 168 cm³/mol. The number of nitrogens with one attached hydrogen (secondary N) is 2. The third-order valence-corrected chi connectivity index (χ3v) is 8.65. The Morgan fingerprint density at radius 2 is 2.05 bits per heavy atom. The minimum Gasteiger partial charge on any atom is -0.494 e. The van der Waals surface area contributed by atoms with Gasteiger partial charge in [0.1, 0.15) is 17.5 Å². The number of thiazole rings is 1. The van der Waals surface area contributed by atoms with E-state index >= 15 is 0 Å². The molecule has 3 amide bonds. The number of hydrogen-bond donors (Lipinski definition) is 2. The number of carbonyl (C=O) groups is 3. The highest BCUT2D eigenvalue weighted by molar-refractivity contribution is 7.98. The first-order chi connectivity index (χ1) is 20.9. The van der Waals surface area contributed by atoms with Gasteiger partial charge in [-0.15, -0.1) is 16.4 Å². The molecule has 13 heteroatoms. The Morgan fingerprint density at radius 1 is 1.16 bits per heavy atom. The molecule has 0 saturated carbocycles. The summed E-state index contributed by atoms with van der Waals surface area (Å²) in [5.74, 6) is 0.582.